The molecule has 2 N–H and O–H groups in total. The number of carbonyl (C=O) groups excluding carboxylic acids is 2. The first kappa shape index (κ1) is 20.2. The molecular formula is C22H26ClN3O2. The molecule has 2 aromatic carbocycles. The first-order valence-corrected chi connectivity index (χ1v) is 10.0. The summed E-state index contributed by atoms with van der Waals surface area (Å²) in [6.45, 7) is 5.85. The van der Waals surface area contributed by atoms with Crippen molar-refractivity contribution < 1.29 is 9.59 Å². The Hall–Kier alpha value is -2.53. The van der Waals surface area contributed by atoms with E-state index < -0.39 is 0 Å². The van der Waals surface area contributed by atoms with Gasteiger partial charge in [-0.15, -0.1) is 0 Å². The first-order chi connectivity index (χ1) is 13.4. The van der Waals surface area contributed by atoms with Gasteiger partial charge in [0.15, 0.2) is 0 Å². The fourth-order valence-corrected chi connectivity index (χ4v) is 3.44. The van der Waals surface area contributed by atoms with Crippen LogP contribution < -0.4 is 10.6 Å². The van der Waals surface area contributed by atoms with E-state index in [1.807, 2.05) is 29.2 Å². The Morgan fingerprint density at radius 2 is 1.75 bits per heavy atom. The lowest BCUT2D eigenvalue weighted by Gasteiger charge is -2.18. The van der Waals surface area contributed by atoms with Crippen molar-refractivity contribution in [1.82, 2.24) is 4.90 Å². The van der Waals surface area contributed by atoms with E-state index in [0.717, 1.165) is 31.6 Å². The predicted molar refractivity (Wildman–Crippen MR) is 114 cm³/mol. The predicted octanol–water partition coefficient (Wildman–Crippen LogP) is 4.75. The van der Waals surface area contributed by atoms with Crippen molar-refractivity contribution in [2.45, 2.75) is 32.6 Å². The van der Waals surface area contributed by atoms with Crippen LogP contribution in [0.3, 0.4) is 0 Å². The van der Waals surface area contributed by atoms with Crippen LogP contribution in [-0.4, -0.2) is 36.3 Å². The quantitative estimate of drug-likeness (QED) is 0.736. The van der Waals surface area contributed by atoms with Crippen LogP contribution in [-0.2, 0) is 4.79 Å². The van der Waals surface area contributed by atoms with Crippen LogP contribution in [0.5, 0.6) is 0 Å². The molecule has 1 fully saturated rings. The molecule has 6 heteroatoms. The lowest BCUT2D eigenvalue weighted by molar-refractivity contribution is -0.114. The smallest absolute Gasteiger partial charge is 0.256 e. The molecule has 0 spiro atoms. The second kappa shape index (κ2) is 9.11. The monoisotopic (exact) mass is 399 g/mol. The second-order valence-electron chi connectivity index (χ2n) is 7.37. The Balaban J connectivity index is 1.63. The molecule has 0 aliphatic carbocycles. The minimum absolute atomic E-state index is 0.0489. The maximum Gasteiger partial charge on any atom is 0.256 e. The van der Waals surface area contributed by atoms with Gasteiger partial charge in [0, 0.05) is 29.5 Å². The van der Waals surface area contributed by atoms with Gasteiger partial charge >= 0.3 is 0 Å². The van der Waals surface area contributed by atoms with Crippen LogP contribution in [0, 0.1) is 0 Å². The summed E-state index contributed by atoms with van der Waals surface area (Å²) in [5.41, 5.74) is 3.10. The highest BCUT2D eigenvalue weighted by molar-refractivity contribution is 6.31. The molecule has 1 aliphatic rings. The zero-order valence-electron chi connectivity index (χ0n) is 16.3. The lowest BCUT2D eigenvalue weighted by Crippen LogP contribution is -2.29. The average molecular weight is 400 g/mol. The molecule has 0 unspecified atom stereocenters. The summed E-state index contributed by atoms with van der Waals surface area (Å²) >= 11 is 6.09. The van der Waals surface area contributed by atoms with E-state index in [2.05, 4.69) is 24.5 Å². The molecule has 0 saturated carbocycles. The normalized spacial score (nSPS) is 13.6. The van der Waals surface area contributed by atoms with Gasteiger partial charge in [0.1, 0.15) is 0 Å². The van der Waals surface area contributed by atoms with Gasteiger partial charge in [-0.25, -0.2) is 0 Å². The number of hydrogen-bond acceptors (Lipinski definition) is 3. The summed E-state index contributed by atoms with van der Waals surface area (Å²) in [6, 6.07) is 13.0. The molecule has 1 aliphatic heterocycles. The van der Waals surface area contributed by atoms with Crippen molar-refractivity contribution >= 4 is 34.8 Å². The fraction of sp³-hybridized carbons (Fsp3) is 0.364. The lowest BCUT2D eigenvalue weighted by atomic mass is 10.0. The van der Waals surface area contributed by atoms with E-state index in [9.17, 15) is 9.59 Å². The van der Waals surface area contributed by atoms with Crippen LogP contribution in [0.15, 0.2) is 42.5 Å². The molecule has 1 saturated heterocycles. The highest BCUT2D eigenvalue weighted by Crippen LogP contribution is 2.24. The van der Waals surface area contributed by atoms with Gasteiger partial charge in [0.25, 0.3) is 5.91 Å². The summed E-state index contributed by atoms with van der Waals surface area (Å²) in [4.78, 5) is 26.9. The van der Waals surface area contributed by atoms with E-state index in [0.29, 0.717) is 22.2 Å². The molecule has 0 atom stereocenters. The number of rotatable bonds is 6. The van der Waals surface area contributed by atoms with Crippen LogP contribution >= 0.6 is 11.6 Å². The van der Waals surface area contributed by atoms with E-state index >= 15 is 0 Å². The summed E-state index contributed by atoms with van der Waals surface area (Å²) in [5.74, 6) is 0.224. The van der Waals surface area contributed by atoms with Crippen molar-refractivity contribution in [2.24, 2.45) is 0 Å². The molecule has 148 valence electrons. The van der Waals surface area contributed by atoms with Gasteiger partial charge in [-0.1, -0.05) is 37.6 Å². The van der Waals surface area contributed by atoms with Crippen LogP contribution in [0.4, 0.5) is 11.4 Å². The van der Waals surface area contributed by atoms with Gasteiger partial charge in [0.2, 0.25) is 5.91 Å². The van der Waals surface area contributed by atoms with Gasteiger partial charge in [0.05, 0.1) is 12.1 Å². The summed E-state index contributed by atoms with van der Waals surface area (Å²) in [5, 5.41) is 6.45. The minimum atomic E-state index is -0.174. The number of carbonyl (C=O) groups is 2. The van der Waals surface area contributed by atoms with E-state index in [1.165, 1.54) is 5.56 Å². The number of nitrogens with zero attached hydrogens (tertiary/aromatic N) is 1. The molecule has 2 aromatic rings. The number of anilines is 2. The second-order valence-corrected chi connectivity index (χ2v) is 7.80. The van der Waals surface area contributed by atoms with E-state index in [-0.39, 0.29) is 18.4 Å². The maximum absolute atomic E-state index is 12.8. The van der Waals surface area contributed by atoms with Gasteiger partial charge < -0.3 is 15.5 Å². The Labute approximate surface area is 171 Å². The summed E-state index contributed by atoms with van der Waals surface area (Å²) < 4.78 is 0. The molecule has 28 heavy (non-hydrogen) atoms. The SMILES string of the molecule is CC(C)c1ccc(NC(=O)CNc2ccc(Cl)cc2C(=O)N2CCCC2)cc1. The van der Waals surface area contributed by atoms with Crippen LogP contribution in [0.25, 0.3) is 0 Å². The average Bonchev–Trinajstić information content (AvgIpc) is 3.21. The fourth-order valence-electron chi connectivity index (χ4n) is 3.27. The third-order valence-electron chi connectivity index (χ3n) is 4.91. The number of amides is 2. The van der Waals surface area contributed by atoms with Crippen LogP contribution in [0.2, 0.25) is 5.02 Å². The topological polar surface area (TPSA) is 61.4 Å². The van der Waals surface area contributed by atoms with Gasteiger partial charge in [-0.05, 0) is 54.7 Å². The van der Waals surface area contributed by atoms with Crippen molar-refractivity contribution in [1.29, 1.82) is 0 Å². The number of halogens is 1. The zero-order chi connectivity index (χ0) is 20.1. The third kappa shape index (κ3) is 5.04. The molecule has 0 radical (unpaired) electrons. The third-order valence-corrected chi connectivity index (χ3v) is 5.14. The molecule has 5 nitrogen and oxygen atoms in total. The van der Waals surface area contributed by atoms with E-state index in [1.54, 1.807) is 18.2 Å². The van der Waals surface area contributed by atoms with Gasteiger partial charge in [-0.2, -0.15) is 0 Å². The number of benzene rings is 2. The molecule has 1 heterocycles. The molecular weight excluding hydrogens is 374 g/mol. The highest BCUT2D eigenvalue weighted by atomic mass is 35.5. The molecule has 3 rings (SSSR count). The summed E-state index contributed by atoms with van der Waals surface area (Å²) in [7, 11) is 0. The van der Waals surface area contributed by atoms with Crippen LogP contribution in [0.1, 0.15) is 48.5 Å². The first-order valence-electron chi connectivity index (χ1n) is 9.66. The van der Waals surface area contributed by atoms with Crippen molar-refractivity contribution in [3.8, 4) is 0 Å². The maximum atomic E-state index is 12.8. The standard InChI is InChI=1S/C22H26ClN3O2/c1-15(2)16-5-8-18(9-6-16)25-21(27)14-24-20-10-7-17(23)13-19(20)22(28)26-11-3-4-12-26/h5-10,13,15,24H,3-4,11-12,14H2,1-2H3,(H,25,27). The van der Waals surface area contributed by atoms with Gasteiger partial charge in [-0.3, -0.25) is 9.59 Å². The Bertz CT molecular complexity index is 843. The summed E-state index contributed by atoms with van der Waals surface area (Å²) in [6.07, 6.45) is 2.04. The number of nitrogens with one attached hydrogen (secondary N) is 2. The number of likely N-dealkylation sites (tertiary alicyclic amines) is 1. The van der Waals surface area contributed by atoms with Crippen molar-refractivity contribution in [3.63, 3.8) is 0 Å². The Kier molecular flexibility index (Phi) is 6.57. The minimum Gasteiger partial charge on any atom is -0.375 e. The molecule has 0 aromatic heterocycles. The van der Waals surface area contributed by atoms with Crippen molar-refractivity contribution in [3.05, 3.63) is 58.6 Å². The molecule has 2 amide bonds. The molecule has 0 bridgehead atoms. The highest BCUT2D eigenvalue weighted by Gasteiger charge is 2.22. The van der Waals surface area contributed by atoms with Crippen molar-refractivity contribution in [2.75, 3.05) is 30.3 Å². The Morgan fingerprint density at radius 3 is 2.39 bits per heavy atom. The van der Waals surface area contributed by atoms with E-state index in [4.69, 9.17) is 11.6 Å². The Morgan fingerprint density at radius 1 is 1.07 bits per heavy atom. The number of hydrogen-bond donors (Lipinski definition) is 2. The largest absolute Gasteiger partial charge is 0.375 e. The zero-order valence-corrected chi connectivity index (χ0v) is 17.1.